The lowest BCUT2D eigenvalue weighted by atomic mass is 10.1. The molecule has 0 fully saturated rings. The van der Waals surface area contributed by atoms with Crippen LogP contribution in [0.3, 0.4) is 0 Å². The Hall–Kier alpha value is -2.81. The molecule has 1 aromatic heterocycles. The molecule has 2 amide bonds. The highest BCUT2D eigenvalue weighted by atomic mass is 35.5. The minimum Gasteiger partial charge on any atom is -0.342 e. The van der Waals surface area contributed by atoms with Crippen molar-refractivity contribution in [2.75, 3.05) is 11.1 Å². The van der Waals surface area contributed by atoms with Crippen LogP contribution in [0.4, 0.5) is 5.69 Å². The van der Waals surface area contributed by atoms with Gasteiger partial charge < -0.3 is 15.2 Å². The summed E-state index contributed by atoms with van der Waals surface area (Å²) in [4.78, 5) is 25.4. The van der Waals surface area contributed by atoms with Gasteiger partial charge in [-0.3, -0.25) is 9.59 Å². The second-order valence-corrected chi connectivity index (χ2v) is 9.96. The van der Waals surface area contributed by atoms with Crippen LogP contribution >= 0.6 is 35.0 Å². The van der Waals surface area contributed by atoms with E-state index in [-0.39, 0.29) is 22.6 Å². The molecule has 10 heteroatoms. The van der Waals surface area contributed by atoms with Crippen LogP contribution in [0.5, 0.6) is 0 Å². The largest absolute Gasteiger partial charge is 0.342 e. The molecule has 0 saturated heterocycles. The first-order chi connectivity index (χ1) is 16.6. The molecule has 0 aliphatic carbocycles. The Kier molecular flexibility index (Phi) is 8.99. The predicted octanol–water partition coefficient (Wildman–Crippen LogP) is 5.92. The highest BCUT2D eigenvalue weighted by Crippen LogP contribution is 2.25. The fourth-order valence-electron chi connectivity index (χ4n) is 3.72. The quantitative estimate of drug-likeness (QED) is 0.264. The number of aryl methyl sites for hydroxylation is 3. The van der Waals surface area contributed by atoms with Gasteiger partial charge in [0.15, 0.2) is 11.0 Å². The molecule has 3 aromatic rings. The van der Waals surface area contributed by atoms with E-state index in [0.717, 1.165) is 22.4 Å². The van der Waals surface area contributed by atoms with E-state index < -0.39 is 6.04 Å². The number of carbonyl (C=O) groups excluding carboxylic acids is 2. The molecule has 0 saturated carbocycles. The zero-order valence-corrected chi connectivity index (χ0v) is 22.3. The van der Waals surface area contributed by atoms with Crippen LogP contribution in [0.25, 0.3) is 0 Å². The van der Waals surface area contributed by atoms with Crippen LogP contribution < -0.4 is 10.6 Å². The Morgan fingerprint density at radius 3 is 2.46 bits per heavy atom. The zero-order valence-electron chi connectivity index (χ0n) is 20.0. The minimum atomic E-state index is -0.470. The van der Waals surface area contributed by atoms with Gasteiger partial charge in [-0.05, 0) is 57.0 Å². The van der Waals surface area contributed by atoms with E-state index in [1.807, 2.05) is 37.5 Å². The first-order valence-electron chi connectivity index (χ1n) is 10.9. The van der Waals surface area contributed by atoms with Crippen LogP contribution in [0, 0.1) is 20.8 Å². The van der Waals surface area contributed by atoms with E-state index in [1.54, 1.807) is 25.1 Å². The van der Waals surface area contributed by atoms with Crippen LogP contribution in [0.1, 0.15) is 45.8 Å². The number of rotatable bonds is 9. The summed E-state index contributed by atoms with van der Waals surface area (Å²) >= 11 is 13.4. The standard InChI is InChI=1S/C25H27Cl2N5O2S/c1-6-9-32-23(17(5)28-24(34)19-8-7-18(26)12-20(19)27)30-31-25(32)35-13-21(33)29-22-15(3)10-14(2)11-16(22)4/h6-8,10-12,17H,1,9,13H2,2-5H3,(H,28,34)(H,29,33)/t17-/m0/s1. The number of halogens is 2. The molecule has 0 spiro atoms. The highest BCUT2D eigenvalue weighted by molar-refractivity contribution is 7.99. The van der Waals surface area contributed by atoms with Gasteiger partial charge in [-0.15, -0.1) is 16.8 Å². The first kappa shape index (κ1) is 26.8. The van der Waals surface area contributed by atoms with Gasteiger partial charge in [0.25, 0.3) is 5.91 Å². The van der Waals surface area contributed by atoms with E-state index in [9.17, 15) is 9.59 Å². The summed E-state index contributed by atoms with van der Waals surface area (Å²) in [6.07, 6.45) is 1.71. The first-order valence-corrected chi connectivity index (χ1v) is 12.6. The number of amides is 2. The summed E-state index contributed by atoms with van der Waals surface area (Å²) in [5.41, 5.74) is 4.32. The third-order valence-corrected chi connectivity index (χ3v) is 6.76. The van der Waals surface area contributed by atoms with Crippen molar-refractivity contribution in [3.8, 4) is 0 Å². The summed E-state index contributed by atoms with van der Waals surface area (Å²) in [7, 11) is 0. The number of allylic oxidation sites excluding steroid dienone is 1. The molecule has 0 aliphatic heterocycles. The minimum absolute atomic E-state index is 0.140. The molecule has 1 atom stereocenters. The van der Waals surface area contributed by atoms with Crippen LogP contribution in [-0.4, -0.2) is 32.3 Å². The summed E-state index contributed by atoms with van der Waals surface area (Å²) in [6.45, 7) is 12.0. The topological polar surface area (TPSA) is 88.9 Å². The van der Waals surface area contributed by atoms with E-state index >= 15 is 0 Å². The number of nitrogens with one attached hydrogen (secondary N) is 2. The van der Waals surface area contributed by atoms with E-state index in [4.69, 9.17) is 23.2 Å². The summed E-state index contributed by atoms with van der Waals surface area (Å²) in [5.74, 6) is 0.197. The zero-order chi connectivity index (χ0) is 25.7. The number of anilines is 1. The van der Waals surface area contributed by atoms with E-state index in [1.165, 1.54) is 17.8 Å². The fraction of sp³-hybridized carbons (Fsp3) is 0.280. The fourth-order valence-corrected chi connectivity index (χ4v) is 4.97. The van der Waals surface area contributed by atoms with E-state index in [2.05, 4.69) is 27.4 Å². The number of benzene rings is 2. The molecular weight excluding hydrogens is 505 g/mol. The molecule has 0 radical (unpaired) electrons. The maximum Gasteiger partial charge on any atom is 0.253 e. The Bertz CT molecular complexity index is 1250. The smallest absolute Gasteiger partial charge is 0.253 e. The lowest BCUT2D eigenvalue weighted by molar-refractivity contribution is -0.113. The maximum absolute atomic E-state index is 12.7. The normalized spacial score (nSPS) is 11.7. The third kappa shape index (κ3) is 6.66. The lowest BCUT2D eigenvalue weighted by Gasteiger charge is -2.16. The van der Waals surface area contributed by atoms with Gasteiger partial charge in [-0.2, -0.15) is 0 Å². The molecule has 2 N–H and O–H groups in total. The molecule has 2 aromatic carbocycles. The maximum atomic E-state index is 12.7. The average Bonchev–Trinajstić information content (AvgIpc) is 3.17. The van der Waals surface area contributed by atoms with Crippen molar-refractivity contribution in [2.24, 2.45) is 0 Å². The number of nitrogens with zero attached hydrogens (tertiary/aromatic N) is 3. The van der Waals surface area contributed by atoms with Crippen molar-refractivity contribution in [1.29, 1.82) is 0 Å². The molecule has 0 aliphatic rings. The monoisotopic (exact) mass is 531 g/mol. The third-order valence-electron chi connectivity index (χ3n) is 5.24. The SMILES string of the molecule is C=CCn1c(SCC(=O)Nc2c(C)cc(C)cc2C)nnc1[C@H](C)NC(=O)c1ccc(Cl)cc1Cl. The number of thioether (sulfide) groups is 1. The molecule has 1 heterocycles. The number of aromatic nitrogens is 3. The summed E-state index contributed by atoms with van der Waals surface area (Å²) < 4.78 is 1.82. The molecule has 3 rings (SSSR count). The van der Waals surface area contributed by atoms with Gasteiger partial charge in [0.1, 0.15) is 0 Å². The summed E-state index contributed by atoms with van der Waals surface area (Å²) in [6, 6.07) is 8.29. The molecule has 0 unspecified atom stereocenters. The predicted molar refractivity (Wildman–Crippen MR) is 143 cm³/mol. The molecular formula is C25H27Cl2N5O2S. The van der Waals surface area contributed by atoms with Crippen molar-refractivity contribution in [1.82, 2.24) is 20.1 Å². The van der Waals surface area contributed by atoms with Crippen molar-refractivity contribution in [2.45, 2.75) is 45.4 Å². The Morgan fingerprint density at radius 1 is 1.14 bits per heavy atom. The number of carbonyl (C=O) groups is 2. The van der Waals surface area contributed by atoms with Gasteiger partial charge >= 0.3 is 0 Å². The van der Waals surface area contributed by atoms with Gasteiger partial charge in [-0.25, -0.2) is 0 Å². The second kappa shape index (κ2) is 11.7. The van der Waals surface area contributed by atoms with Crippen LogP contribution in [0.2, 0.25) is 10.0 Å². The van der Waals surface area contributed by atoms with Gasteiger partial charge in [-0.1, -0.05) is 58.7 Å². The van der Waals surface area contributed by atoms with E-state index in [0.29, 0.717) is 28.1 Å². The number of hydrogen-bond donors (Lipinski definition) is 2. The Labute approximate surface area is 219 Å². The number of hydrogen-bond acceptors (Lipinski definition) is 5. The van der Waals surface area contributed by atoms with Crippen molar-refractivity contribution in [3.05, 3.63) is 81.1 Å². The summed E-state index contributed by atoms with van der Waals surface area (Å²) in [5, 5.41) is 15.6. The van der Waals surface area contributed by atoms with Gasteiger partial charge in [0.05, 0.1) is 22.4 Å². The molecule has 7 nitrogen and oxygen atoms in total. The van der Waals surface area contributed by atoms with Gasteiger partial charge in [0, 0.05) is 17.3 Å². The van der Waals surface area contributed by atoms with Crippen molar-refractivity contribution in [3.63, 3.8) is 0 Å². The Morgan fingerprint density at radius 2 is 1.83 bits per heavy atom. The van der Waals surface area contributed by atoms with Crippen molar-refractivity contribution >= 4 is 52.5 Å². The Balaban J connectivity index is 1.70. The van der Waals surface area contributed by atoms with Crippen LogP contribution in [0.15, 0.2) is 48.1 Å². The molecule has 0 bridgehead atoms. The molecule has 184 valence electrons. The van der Waals surface area contributed by atoms with Crippen LogP contribution in [-0.2, 0) is 11.3 Å². The highest BCUT2D eigenvalue weighted by Gasteiger charge is 2.21. The average molecular weight is 532 g/mol. The van der Waals surface area contributed by atoms with Gasteiger partial charge in [0.2, 0.25) is 5.91 Å². The molecule has 35 heavy (non-hydrogen) atoms. The second-order valence-electron chi connectivity index (χ2n) is 8.17. The lowest BCUT2D eigenvalue weighted by Crippen LogP contribution is -2.29. The van der Waals surface area contributed by atoms with Crippen molar-refractivity contribution < 1.29 is 9.59 Å².